The minimum Gasteiger partial charge on any atom is -0.497 e. The highest BCUT2D eigenvalue weighted by molar-refractivity contribution is 6.06. The first kappa shape index (κ1) is 17.6. The number of carbonyl (C=O) groups is 1. The van der Waals surface area contributed by atoms with Gasteiger partial charge in [0.25, 0.3) is 5.91 Å². The molecule has 1 N–H and O–H groups in total. The third kappa shape index (κ3) is 3.69. The molecule has 1 aliphatic heterocycles. The van der Waals surface area contributed by atoms with Crippen molar-refractivity contribution < 1.29 is 9.53 Å². The molecule has 5 heteroatoms. The van der Waals surface area contributed by atoms with Crippen molar-refractivity contribution in [2.45, 2.75) is 19.4 Å². The van der Waals surface area contributed by atoms with E-state index in [1.807, 2.05) is 48.0 Å². The Kier molecular flexibility index (Phi) is 4.86. The van der Waals surface area contributed by atoms with Crippen LogP contribution in [0.5, 0.6) is 5.75 Å². The smallest absolute Gasteiger partial charge is 0.272 e. The molecule has 2 aromatic carbocycles. The zero-order valence-electron chi connectivity index (χ0n) is 15.9. The number of hydrogen-bond donors (Lipinski definition) is 1. The van der Waals surface area contributed by atoms with Gasteiger partial charge in [-0.15, -0.1) is 0 Å². The van der Waals surface area contributed by atoms with Crippen molar-refractivity contribution in [2.75, 3.05) is 25.5 Å². The van der Waals surface area contributed by atoms with Crippen LogP contribution in [0.25, 0.3) is 10.9 Å². The number of benzene rings is 2. The maximum atomic E-state index is 12.8. The standard InChI is InChI=1S/C22H25N3O2/c1-24-20-9-8-19(27-2)13-17(20)14-21(24)22(26)23-18-7-5-6-16(12-18)15-25-10-3-4-11-25/h5-9,12-14H,3-4,10-11,15H2,1-2H3,(H,23,26). The van der Waals surface area contributed by atoms with Crippen LogP contribution in [0, 0.1) is 0 Å². The van der Waals surface area contributed by atoms with E-state index >= 15 is 0 Å². The number of anilines is 1. The second-order valence-corrected chi connectivity index (χ2v) is 7.15. The molecule has 1 saturated heterocycles. The summed E-state index contributed by atoms with van der Waals surface area (Å²) in [6.45, 7) is 3.27. The summed E-state index contributed by atoms with van der Waals surface area (Å²) in [6.07, 6.45) is 2.56. The fourth-order valence-corrected chi connectivity index (χ4v) is 3.81. The summed E-state index contributed by atoms with van der Waals surface area (Å²) in [7, 11) is 3.56. The van der Waals surface area contributed by atoms with Crippen LogP contribution in [0.15, 0.2) is 48.5 Å². The van der Waals surface area contributed by atoms with Gasteiger partial charge >= 0.3 is 0 Å². The lowest BCUT2D eigenvalue weighted by Crippen LogP contribution is -2.19. The number of amides is 1. The van der Waals surface area contributed by atoms with Gasteiger partial charge in [0.15, 0.2) is 0 Å². The van der Waals surface area contributed by atoms with E-state index in [0.717, 1.165) is 42.0 Å². The number of methoxy groups -OCH3 is 1. The summed E-state index contributed by atoms with van der Waals surface area (Å²) in [5.41, 5.74) is 3.70. The van der Waals surface area contributed by atoms with Crippen LogP contribution >= 0.6 is 0 Å². The van der Waals surface area contributed by atoms with Gasteiger partial charge in [-0.25, -0.2) is 0 Å². The molecular weight excluding hydrogens is 338 g/mol. The summed E-state index contributed by atoms with van der Waals surface area (Å²) < 4.78 is 7.20. The van der Waals surface area contributed by atoms with Crippen LogP contribution in [-0.4, -0.2) is 35.6 Å². The SMILES string of the molecule is COc1ccc2c(c1)cc(C(=O)Nc1cccc(CN3CCCC3)c1)n2C. The lowest BCUT2D eigenvalue weighted by molar-refractivity contribution is 0.101. The Morgan fingerprint density at radius 2 is 1.93 bits per heavy atom. The van der Waals surface area contributed by atoms with E-state index in [1.54, 1.807) is 7.11 Å². The number of nitrogens with zero attached hydrogens (tertiary/aromatic N) is 2. The molecule has 5 nitrogen and oxygen atoms in total. The number of fused-ring (bicyclic) bond motifs is 1. The second-order valence-electron chi connectivity index (χ2n) is 7.15. The summed E-state index contributed by atoms with van der Waals surface area (Å²) in [5.74, 6) is 0.681. The third-order valence-electron chi connectivity index (χ3n) is 5.27. The number of likely N-dealkylation sites (tertiary alicyclic amines) is 1. The quantitative estimate of drug-likeness (QED) is 0.744. The van der Waals surface area contributed by atoms with E-state index in [0.29, 0.717) is 5.69 Å². The van der Waals surface area contributed by atoms with E-state index in [-0.39, 0.29) is 5.91 Å². The summed E-state index contributed by atoms with van der Waals surface area (Å²) in [4.78, 5) is 15.3. The van der Waals surface area contributed by atoms with Gasteiger partial charge < -0.3 is 14.6 Å². The molecule has 0 spiro atoms. The highest BCUT2D eigenvalue weighted by Gasteiger charge is 2.15. The Morgan fingerprint density at radius 1 is 1.11 bits per heavy atom. The predicted molar refractivity (Wildman–Crippen MR) is 108 cm³/mol. The van der Waals surface area contributed by atoms with E-state index in [4.69, 9.17) is 4.74 Å². The van der Waals surface area contributed by atoms with Crippen molar-refractivity contribution in [1.29, 1.82) is 0 Å². The average Bonchev–Trinajstić information content (AvgIpc) is 3.29. The van der Waals surface area contributed by atoms with Crippen molar-refractivity contribution in [3.63, 3.8) is 0 Å². The molecule has 3 aromatic rings. The molecule has 1 aromatic heterocycles. The second kappa shape index (κ2) is 7.45. The predicted octanol–water partition coefficient (Wildman–Crippen LogP) is 4.04. The minimum atomic E-state index is -0.106. The van der Waals surface area contributed by atoms with Crippen LogP contribution in [0.2, 0.25) is 0 Å². The van der Waals surface area contributed by atoms with Gasteiger partial charge in [0.1, 0.15) is 11.4 Å². The lowest BCUT2D eigenvalue weighted by atomic mass is 10.2. The van der Waals surface area contributed by atoms with Gasteiger partial charge in [-0.1, -0.05) is 12.1 Å². The number of rotatable bonds is 5. The van der Waals surface area contributed by atoms with E-state index in [2.05, 4.69) is 22.3 Å². The van der Waals surface area contributed by atoms with Crippen LogP contribution in [0.1, 0.15) is 28.9 Å². The number of aromatic nitrogens is 1. The Labute approximate surface area is 159 Å². The fraction of sp³-hybridized carbons (Fsp3) is 0.318. The number of nitrogens with one attached hydrogen (secondary N) is 1. The lowest BCUT2D eigenvalue weighted by Gasteiger charge is -2.15. The molecule has 0 radical (unpaired) electrons. The Morgan fingerprint density at radius 3 is 2.70 bits per heavy atom. The highest BCUT2D eigenvalue weighted by atomic mass is 16.5. The number of carbonyl (C=O) groups excluding carboxylic acids is 1. The molecule has 1 aliphatic rings. The third-order valence-corrected chi connectivity index (χ3v) is 5.27. The molecule has 0 aliphatic carbocycles. The van der Waals surface area contributed by atoms with Gasteiger partial charge in [-0.05, 0) is 67.9 Å². The van der Waals surface area contributed by atoms with Crippen molar-refractivity contribution in [1.82, 2.24) is 9.47 Å². The number of hydrogen-bond acceptors (Lipinski definition) is 3. The molecule has 140 valence electrons. The van der Waals surface area contributed by atoms with Crippen molar-refractivity contribution >= 4 is 22.5 Å². The van der Waals surface area contributed by atoms with Gasteiger partial charge in [-0.2, -0.15) is 0 Å². The van der Waals surface area contributed by atoms with Crippen LogP contribution in [-0.2, 0) is 13.6 Å². The molecule has 1 amide bonds. The maximum Gasteiger partial charge on any atom is 0.272 e. The maximum absolute atomic E-state index is 12.8. The molecule has 0 bridgehead atoms. The zero-order valence-corrected chi connectivity index (χ0v) is 15.9. The van der Waals surface area contributed by atoms with E-state index < -0.39 is 0 Å². The zero-order chi connectivity index (χ0) is 18.8. The minimum absolute atomic E-state index is 0.106. The molecule has 0 saturated carbocycles. The van der Waals surface area contributed by atoms with Crippen LogP contribution in [0.4, 0.5) is 5.69 Å². The largest absolute Gasteiger partial charge is 0.497 e. The average molecular weight is 363 g/mol. The summed E-state index contributed by atoms with van der Waals surface area (Å²) in [6, 6.07) is 15.9. The Bertz CT molecular complexity index is 971. The van der Waals surface area contributed by atoms with Crippen molar-refractivity contribution in [3.05, 3.63) is 59.8 Å². The van der Waals surface area contributed by atoms with Gasteiger partial charge in [0.2, 0.25) is 0 Å². The van der Waals surface area contributed by atoms with Gasteiger partial charge in [0.05, 0.1) is 7.11 Å². The molecule has 1 fully saturated rings. The topological polar surface area (TPSA) is 46.5 Å². The summed E-state index contributed by atoms with van der Waals surface area (Å²) >= 11 is 0. The Balaban J connectivity index is 1.53. The van der Waals surface area contributed by atoms with Crippen molar-refractivity contribution in [3.8, 4) is 5.75 Å². The monoisotopic (exact) mass is 363 g/mol. The molecule has 0 unspecified atom stereocenters. The van der Waals surface area contributed by atoms with Crippen molar-refractivity contribution in [2.24, 2.45) is 7.05 Å². The summed E-state index contributed by atoms with van der Waals surface area (Å²) in [5, 5.41) is 4.03. The molecule has 2 heterocycles. The molecule has 4 rings (SSSR count). The molecule has 27 heavy (non-hydrogen) atoms. The van der Waals surface area contributed by atoms with E-state index in [1.165, 1.54) is 18.4 Å². The highest BCUT2D eigenvalue weighted by Crippen LogP contribution is 2.24. The first-order chi connectivity index (χ1) is 13.1. The van der Waals surface area contributed by atoms with Crippen LogP contribution < -0.4 is 10.1 Å². The number of ether oxygens (including phenoxy) is 1. The fourth-order valence-electron chi connectivity index (χ4n) is 3.81. The van der Waals surface area contributed by atoms with E-state index in [9.17, 15) is 4.79 Å². The molecular formula is C22H25N3O2. The van der Waals surface area contributed by atoms with Gasteiger partial charge in [0, 0.05) is 30.2 Å². The van der Waals surface area contributed by atoms with Crippen LogP contribution in [0.3, 0.4) is 0 Å². The Hall–Kier alpha value is -2.79. The van der Waals surface area contributed by atoms with Gasteiger partial charge in [-0.3, -0.25) is 9.69 Å². The first-order valence-electron chi connectivity index (χ1n) is 9.40. The number of aryl methyl sites for hydroxylation is 1. The normalized spacial score (nSPS) is 14.6. The molecule has 0 atom stereocenters. The first-order valence-corrected chi connectivity index (χ1v) is 9.40.